The molecule has 2 aromatic rings. The van der Waals surface area contributed by atoms with Gasteiger partial charge in [0.15, 0.2) is 0 Å². The van der Waals surface area contributed by atoms with Crippen molar-refractivity contribution in [1.29, 1.82) is 0 Å². The first kappa shape index (κ1) is 17.4. The predicted molar refractivity (Wildman–Crippen MR) is 76.3 cm³/mol. The van der Waals surface area contributed by atoms with Crippen LogP contribution in [0.3, 0.4) is 0 Å². The van der Waals surface area contributed by atoms with Gasteiger partial charge in [0.05, 0.1) is 0 Å². The van der Waals surface area contributed by atoms with Gasteiger partial charge in [-0.3, -0.25) is 0 Å². The van der Waals surface area contributed by atoms with Crippen LogP contribution in [0.1, 0.15) is 11.1 Å². The zero-order chi connectivity index (χ0) is 17.2. The molecule has 0 spiro atoms. The van der Waals surface area contributed by atoms with Crippen molar-refractivity contribution in [3.63, 3.8) is 0 Å². The Morgan fingerprint density at radius 2 is 1.57 bits per heavy atom. The summed E-state index contributed by atoms with van der Waals surface area (Å²) >= 11 is 0. The van der Waals surface area contributed by atoms with Gasteiger partial charge in [0.25, 0.3) is 0 Å². The average Bonchev–Trinajstić information content (AvgIpc) is 2.46. The number of hydrogen-bond donors (Lipinski definition) is 1. The molecule has 1 N–H and O–H groups in total. The predicted octanol–water partition coefficient (Wildman–Crippen LogP) is 3.07. The van der Waals surface area contributed by atoms with Crippen LogP contribution in [0, 0.1) is 30.2 Å². The maximum absolute atomic E-state index is 13.7. The van der Waals surface area contributed by atoms with Crippen LogP contribution in [0.4, 0.5) is 17.6 Å². The normalized spacial score (nSPS) is 11.7. The van der Waals surface area contributed by atoms with Gasteiger partial charge in [0.1, 0.15) is 28.2 Å². The third-order valence-corrected chi connectivity index (χ3v) is 4.71. The minimum Gasteiger partial charge on any atom is -0.211 e. The molecule has 0 bridgehead atoms. The van der Waals surface area contributed by atoms with Crippen molar-refractivity contribution in [2.75, 3.05) is 6.54 Å². The monoisotopic (exact) mass is 347 g/mol. The maximum atomic E-state index is 13.7. The van der Waals surface area contributed by atoms with Gasteiger partial charge >= 0.3 is 0 Å². The second-order valence-corrected chi connectivity index (χ2v) is 6.62. The summed E-state index contributed by atoms with van der Waals surface area (Å²) in [7, 11) is -4.34. The Kier molecular flexibility index (Phi) is 5.06. The molecule has 0 aromatic heterocycles. The van der Waals surface area contributed by atoms with Crippen molar-refractivity contribution >= 4 is 10.0 Å². The van der Waals surface area contributed by atoms with E-state index < -0.39 is 38.2 Å². The van der Waals surface area contributed by atoms with Gasteiger partial charge in [-0.1, -0.05) is 6.07 Å². The molecule has 0 heterocycles. The maximum Gasteiger partial charge on any atom is 0.243 e. The van der Waals surface area contributed by atoms with E-state index in [0.717, 1.165) is 18.2 Å². The molecule has 0 aliphatic rings. The molecule has 3 nitrogen and oxygen atoms in total. The summed E-state index contributed by atoms with van der Waals surface area (Å²) in [6, 6.07) is 4.60. The molecule has 0 amide bonds. The smallest absolute Gasteiger partial charge is 0.211 e. The van der Waals surface area contributed by atoms with Gasteiger partial charge in [0.2, 0.25) is 10.0 Å². The Hall–Kier alpha value is -1.93. The average molecular weight is 347 g/mol. The van der Waals surface area contributed by atoms with Crippen LogP contribution in [0.25, 0.3) is 0 Å². The number of benzene rings is 2. The first-order chi connectivity index (χ1) is 10.7. The molecule has 124 valence electrons. The van der Waals surface area contributed by atoms with E-state index in [9.17, 15) is 26.0 Å². The van der Waals surface area contributed by atoms with E-state index in [-0.39, 0.29) is 24.1 Å². The molecule has 0 saturated heterocycles. The third-order valence-electron chi connectivity index (χ3n) is 3.23. The summed E-state index contributed by atoms with van der Waals surface area (Å²) in [6.07, 6.45) is -0.270. The van der Waals surface area contributed by atoms with E-state index in [1.54, 1.807) is 0 Å². The number of aryl methyl sites for hydroxylation is 1. The van der Waals surface area contributed by atoms with Crippen molar-refractivity contribution < 1.29 is 26.0 Å². The van der Waals surface area contributed by atoms with Crippen LogP contribution in [0.5, 0.6) is 0 Å². The Labute approximate surface area is 131 Å². The number of hydrogen-bond acceptors (Lipinski definition) is 2. The summed E-state index contributed by atoms with van der Waals surface area (Å²) in [6.45, 7) is 0.929. The zero-order valence-corrected chi connectivity index (χ0v) is 12.9. The molecule has 0 unspecified atom stereocenters. The number of rotatable bonds is 5. The van der Waals surface area contributed by atoms with Crippen LogP contribution in [0.15, 0.2) is 35.2 Å². The Balaban J connectivity index is 2.15. The second kappa shape index (κ2) is 6.67. The van der Waals surface area contributed by atoms with E-state index in [4.69, 9.17) is 0 Å². The summed E-state index contributed by atoms with van der Waals surface area (Å²) < 4.78 is 79.9. The molecule has 0 saturated carbocycles. The summed E-state index contributed by atoms with van der Waals surface area (Å²) in [5, 5.41) is 0. The highest BCUT2D eigenvalue weighted by atomic mass is 32.2. The fourth-order valence-electron chi connectivity index (χ4n) is 1.99. The highest BCUT2D eigenvalue weighted by Gasteiger charge is 2.21. The Morgan fingerprint density at radius 3 is 2.17 bits per heavy atom. The lowest BCUT2D eigenvalue weighted by molar-refractivity contribution is 0.537. The van der Waals surface area contributed by atoms with Crippen molar-refractivity contribution in [2.24, 2.45) is 0 Å². The summed E-state index contributed by atoms with van der Waals surface area (Å²) in [5.74, 6) is -3.59. The quantitative estimate of drug-likeness (QED) is 0.845. The summed E-state index contributed by atoms with van der Waals surface area (Å²) in [5.41, 5.74) is -0.319. The van der Waals surface area contributed by atoms with Gasteiger partial charge in [-0.2, -0.15) is 0 Å². The molecule has 2 aromatic carbocycles. The van der Waals surface area contributed by atoms with E-state index in [0.29, 0.717) is 6.07 Å². The van der Waals surface area contributed by atoms with Crippen molar-refractivity contribution in [2.45, 2.75) is 18.2 Å². The van der Waals surface area contributed by atoms with Crippen LogP contribution < -0.4 is 4.72 Å². The second-order valence-electron chi connectivity index (χ2n) is 4.88. The number of sulfonamides is 1. The molecule has 8 heteroatoms. The van der Waals surface area contributed by atoms with Crippen LogP contribution in [-0.2, 0) is 16.4 Å². The molecular weight excluding hydrogens is 334 g/mol. The Bertz CT molecular complexity index is 817. The molecule has 23 heavy (non-hydrogen) atoms. The first-order valence-corrected chi connectivity index (χ1v) is 8.09. The highest BCUT2D eigenvalue weighted by molar-refractivity contribution is 7.89. The fourth-order valence-corrected chi connectivity index (χ4v) is 3.09. The molecular formula is C15H13F4NO2S. The SMILES string of the molecule is Cc1cc(F)c(S(=O)(=O)NCCc2c(F)cccc2F)cc1F. The van der Waals surface area contributed by atoms with Crippen LogP contribution >= 0.6 is 0 Å². The number of nitrogens with one attached hydrogen (secondary N) is 1. The Morgan fingerprint density at radius 1 is 0.957 bits per heavy atom. The highest BCUT2D eigenvalue weighted by Crippen LogP contribution is 2.19. The van der Waals surface area contributed by atoms with E-state index in [1.165, 1.54) is 13.0 Å². The van der Waals surface area contributed by atoms with Crippen molar-refractivity contribution in [3.05, 3.63) is 64.7 Å². The lowest BCUT2D eigenvalue weighted by Gasteiger charge is -2.10. The van der Waals surface area contributed by atoms with Gasteiger partial charge in [-0.05, 0) is 43.2 Å². The van der Waals surface area contributed by atoms with E-state index >= 15 is 0 Å². The molecule has 0 aliphatic carbocycles. The van der Waals surface area contributed by atoms with Gasteiger partial charge in [0, 0.05) is 12.1 Å². The zero-order valence-electron chi connectivity index (χ0n) is 12.0. The lowest BCUT2D eigenvalue weighted by Crippen LogP contribution is -2.27. The van der Waals surface area contributed by atoms with Crippen LogP contribution in [-0.4, -0.2) is 15.0 Å². The molecule has 0 fully saturated rings. The third kappa shape index (κ3) is 3.89. The summed E-state index contributed by atoms with van der Waals surface area (Å²) in [4.78, 5) is -0.852. The standard InChI is InChI=1S/C15H13F4NO2S/c1-9-7-14(19)15(8-13(9)18)23(21,22)20-6-5-10-11(16)3-2-4-12(10)17/h2-4,7-8,20H,5-6H2,1H3. The largest absolute Gasteiger partial charge is 0.243 e. The topological polar surface area (TPSA) is 46.2 Å². The molecule has 2 rings (SSSR count). The van der Waals surface area contributed by atoms with E-state index in [1.807, 2.05) is 4.72 Å². The molecule has 0 atom stereocenters. The van der Waals surface area contributed by atoms with Gasteiger partial charge in [-0.15, -0.1) is 0 Å². The van der Waals surface area contributed by atoms with E-state index in [2.05, 4.69) is 0 Å². The lowest BCUT2D eigenvalue weighted by atomic mass is 10.1. The number of halogens is 4. The van der Waals surface area contributed by atoms with Gasteiger partial charge < -0.3 is 0 Å². The van der Waals surface area contributed by atoms with Crippen molar-refractivity contribution in [1.82, 2.24) is 4.72 Å². The van der Waals surface area contributed by atoms with Crippen molar-refractivity contribution in [3.8, 4) is 0 Å². The van der Waals surface area contributed by atoms with Gasteiger partial charge in [-0.25, -0.2) is 30.7 Å². The van der Waals surface area contributed by atoms with Crippen LogP contribution in [0.2, 0.25) is 0 Å². The molecule has 0 radical (unpaired) electrons. The fraction of sp³-hybridized carbons (Fsp3) is 0.200. The first-order valence-electron chi connectivity index (χ1n) is 6.60. The minimum absolute atomic E-state index is 0.0325. The molecule has 0 aliphatic heterocycles. The minimum atomic E-state index is -4.34.